The van der Waals surface area contributed by atoms with Crippen LogP contribution < -0.4 is 24.3 Å². The van der Waals surface area contributed by atoms with Crippen LogP contribution in [0, 0.1) is 0 Å². The molecule has 1 amide bonds. The van der Waals surface area contributed by atoms with E-state index in [2.05, 4.69) is 10.3 Å². The first-order valence-electron chi connectivity index (χ1n) is 10.2. The molecule has 3 aromatic rings. The second-order valence-electron chi connectivity index (χ2n) is 7.35. The van der Waals surface area contributed by atoms with Gasteiger partial charge in [0.15, 0.2) is 23.0 Å². The zero-order valence-electron chi connectivity index (χ0n) is 19.1. The number of benzene rings is 2. The summed E-state index contributed by atoms with van der Waals surface area (Å²) in [5.74, 6) is 2.22. The number of ether oxygens (including phenoxy) is 4. The van der Waals surface area contributed by atoms with Crippen LogP contribution in [-0.2, 0) is 0 Å². The summed E-state index contributed by atoms with van der Waals surface area (Å²) in [6, 6.07) is 11.0. The summed E-state index contributed by atoms with van der Waals surface area (Å²) >= 11 is 1.37. The van der Waals surface area contributed by atoms with Gasteiger partial charge in [0, 0.05) is 5.38 Å². The Balaban J connectivity index is 1.77. The molecule has 0 aliphatic heterocycles. The number of amides is 1. The fourth-order valence-corrected chi connectivity index (χ4v) is 4.04. The minimum absolute atomic E-state index is 0.0361. The van der Waals surface area contributed by atoms with Crippen LogP contribution in [0.4, 0.5) is 0 Å². The molecule has 8 heteroatoms. The maximum Gasteiger partial charge on any atom is 0.271 e. The second-order valence-corrected chi connectivity index (χ2v) is 8.21. The highest BCUT2D eigenvalue weighted by atomic mass is 32.1. The molecule has 0 spiro atoms. The van der Waals surface area contributed by atoms with Crippen LogP contribution in [0.1, 0.15) is 42.9 Å². The summed E-state index contributed by atoms with van der Waals surface area (Å²) in [5, 5.41) is 5.40. The topological polar surface area (TPSA) is 78.9 Å². The SMILES string of the molecule is COc1cc(C(C)NC(=O)c2csc(-c3cccc(OC)c3OC)n2)ccc1OC(C)C. The summed E-state index contributed by atoms with van der Waals surface area (Å²) in [6.07, 6.45) is 0.0361. The van der Waals surface area contributed by atoms with Crippen LogP contribution in [-0.4, -0.2) is 38.3 Å². The standard InChI is InChI=1S/C24H28N2O5S/c1-14(2)31-19-11-10-16(12-21(19)29-5)15(3)25-23(27)18-13-32-24(26-18)17-8-7-9-20(28-4)22(17)30-6/h7-15H,1-6H3,(H,25,27). The van der Waals surface area contributed by atoms with E-state index in [9.17, 15) is 4.79 Å². The van der Waals surface area contributed by atoms with Crippen LogP contribution in [0.2, 0.25) is 0 Å². The lowest BCUT2D eigenvalue weighted by Crippen LogP contribution is -2.27. The third-order valence-electron chi connectivity index (χ3n) is 4.77. The molecule has 0 bridgehead atoms. The molecule has 170 valence electrons. The highest BCUT2D eigenvalue weighted by molar-refractivity contribution is 7.13. The van der Waals surface area contributed by atoms with E-state index in [0.29, 0.717) is 33.7 Å². The van der Waals surface area contributed by atoms with E-state index in [-0.39, 0.29) is 18.1 Å². The lowest BCUT2D eigenvalue weighted by atomic mass is 10.1. The van der Waals surface area contributed by atoms with Crippen LogP contribution in [0.3, 0.4) is 0 Å². The molecule has 1 atom stereocenters. The molecule has 0 aliphatic carbocycles. The molecule has 0 radical (unpaired) electrons. The van der Waals surface area contributed by atoms with Crippen molar-refractivity contribution < 1.29 is 23.7 Å². The summed E-state index contributed by atoms with van der Waals surface area (Å²) in [4.78, 5) is 17.4. The maximum atomic E-state index is 12.8. The Bertz CT molecular complexity index is 1080. The number of thiazole rings is 1. The smallest absolute Gasteiger partial charge is 0.271 e. The van der Waals surface area contributed by atoms with Gasteiger partial charge in [0.25, 0.3) is 5.91 Å². The highest BCUT2D eigenvalue weighted by Gasteiger charge is 2.19. The lowest BCUT2D eigenvalue weighted by Gasteiger charge is -2.18. The Morgan fingerprint density at radius 1 is 0.969 bits per heavy atom. The first-order chi connectivity index (χ1) is 15.4. The van der Waals surface area contributed by atoms with E-state index in [0.717, 1.165) is 11.1 Å². The molecule has 7 nitrogen and oxygen atoms in total. The van der Waals surface area contributed by atoms with E-state index >= 15 is 0 Å². The van der Waals surface area contributed by atoms with Crippen molar-refractivity contribution in [3.05, 3.63) is 53.0 Å². The zero-order chi connectivity index (χ0) is 23.3. The third kappa shape index (κ3) is 5.13. The number of hydrogen-bond donors (Lipinski definition) is 1. The largest absolute Gasteiger partial charge is 0.493 e. The van der Waals surface area contributed by atoms with Gasteiger partial charge in [0.1, 0.15) is 10.7 Å². The molecule has 0 fully saturated rings. The van der Waals surface area contributed by atoms with E-state index in [1.807, 2.05) is 57.2 Å². The van der Waals surface area contributed by atoms with Gasteiger partial charge in [-0.15, -0.1) is 11.3 Å². The summed E-state index contributed by atoms with van der Waals surface area (Å²) in [7, 11) is 4.76. The van der Waals surface area contributed by atoms with Gasteiger partial charge in [-0.2, -0.15) is 0 Å². The molecule has 0 saturated carbocycles. The Kier molecular flexibility index (Phi) is 7.58. The molecule has 1 aromatic heterocycles. The number of hydrogen-bond acceptors (Lipinski definition) is 7. The minimum Gasteiger partial charge on any atom is -0.493 e. The fourth-order valence-electron chi connectivity index (χ4n) is 3.22. The Labute approximate surface area is 192 Å². The monoisotopic (exact) mass is 456 g/mol. The predicted octanol–water partition coefficient (Wildman–Crippen LogP) is 5.11. The quantitative estimate of drug-likeness (QED) is 0.482. The Morgan fingerprint density at radius 2 is 1.72 bits per heavy atom. The predicted molar refractivity (Wildman–Crippen MR) is 125 cm³/mol. The number of nitrogens with one attached hydrogen (secondary N) is 1. The molecule has 32 heavy (non-hydrogen) atoms. The lowest BCUT2D eigenvalue weighted by molar-refractivity contribution is 0.0935. The van der Waals surface area contributed by atoms with Crippen molar-refractivity contribution in [3.8, 4) is 33.6 Å². The molecular formula is C24H28N2O5S. The van der Waals surface area contributed by atoms with E-state index in [4.69, 9.17) is 18.9 Å². The number of aromatic nitrogens is 1. The number of carbonyl (C=O) groups excluding carboxylic acids is 1. The molecule has 2 aromatic carbocycles. The van der Waals surface area contributed by atoms with Crippen molar-refractivity contribution in [1.29, 1.82) is 0 Å². The van der Waals surface area contributed by atoms with Gasteiger partial charge in [-0.05, 0) is 50.6 Å². The molecule has 3 rings (SSSR count). The van der Waals surface area contributed by atoms with E-state index in [1.54, 1.807) is 26.7 Å². The molecular weight excluding hydrogens is 428 g/mol. The highest BCUT2D eigenvalue weighted by Crippen LogP contribution is 2.39. The van der Waals surface area contributed by atoms with Gasteiger partial charge >= 0.3 is 0 Å². The average molecular weight is 457 g/mol. The first-order valence-corrected chi connectivity index (χ1v) is 11.1. The van der Waals surface area contributed by atoms with Crippen LogP contribution >= 0.6 is 11.3 Å². The normalized spacial score (nSPS) is 11.7. The maximum absolute atomic E-state index is 12.8. The minimum atomic E-state index is -0.261. The van der Waals surface area contributed by atoms with Gasteiger partial charge in [-0.25, -0.2) is 4.98 Å². The summed E-state index contributed by atoms with van der Waals surface area (Å²) in [5.41, 5.74) is 2.01. The summed E-state index contributed by atoms with van der Waals surface area (Å²) < 4.78 is 22.1. The van der Waals surface area contributed by atoms with Gasteiger partial charge in [0.05, 0.1) is 39.0 Å². The fraction of sp³-hybridized carbons (Fsp3) is 0.333. The number of carbonyl (C=O) groups is 1. The third-order valence-corrected chi connectivity index (χ3v) is 5.64. The number of para-hydroxylation sites is 1. The van der Waals surface area contributed by atoms with Crippen LogP contribution in [0.15, 0.2) is 41.8 Å². The van der Waals surface area contributed by atoms with Crippen molar-refractivity contribution in [3.63, 3.8) is 0 Å². The van der Waals surface area contributed by atoms with Crippen LogP contribution in [0.25, 0.3) is 10.6 Å². The van der Waals surface area contributed by atoms with E-state index in [1.165, 1.54) is 11.3 Å². The summed E-state index contributed by atoms with van der Waals surface area (Å²) in [6.45, 7) is 5.83. The van der Waals surface area contributed by atoms with Gasteiger partial charge < -0.3 is 24.3 Å². The molecule has 1 unspecified atom stereocenters. The van der Waals surface area contributed by atoms with Gasteiger partial charge in [-0.3, -0.25) is 4.79 Å². The number of rotatable bonds is 9. The van der Waals surface area contributed by atoms with E-state index < -0.39 is 0 Å². The van der Waals surface area contributed by atoms with Crippen molar-refractivity contribution >= 4 is 17.2 Å². The van der Waals surface area contributed by atoms with Crippen molar-refractivity contribution in [2.45, 2.75) is 32.9 Å². The Hall–Kier alpha value is -3.26. The van der Waals surface area contributed by atoms with Crippen LogP contribution in [0.5, 0.6) is 23.0 Å². The van der Waals surface area contributed by atoms with Gasteiger partial charge in [-0.1, -0.05) is 12.1 Å². The average Bonchev–Trinajstić information content (AvgIpc) is 3.28. The molecule has 1 heterocycles. The number of nitrogens with zero attached hydrogens (tertiary/aromatic N) is 1. The number of methoxy groups -OCH3 is 3. The molecule has 1 N–H and O–H groups in total. The Morgan fingerprint density at radius 3 is 2.38 bits per heavy atom. The molecule has 0 aliphatic rings. The van der Waals surface area contributed by atoms with Crippen molar-refractivity contribution in [2.24, 2.45) is 0 Å². The second kappa shape index (κ2) is 10.4. The first kappa shape index (κ1) is 23.4. The zero-order valence-corrected chi connectivity index (χ0v) is 19.9. The van der Waals surface area contributed by atoms with Crippen molar-refractivity contribution in [1.82, 2.24) is 10.3 Å². The molecule has 0 saturated heterocycles. The van der Waals surface area contributed by atoms with Gasteiger partial charge in [0.2, 0.25) is 0 Å². The van der Waals surface area contributed by atoms with Crippen molar-refractivity contribution in [2.75, 3.05) is 21.3 Å².